The van der Waals surface area contributed by atoms with Crippen LogP contribution in [0.25, 0.3) is 0 Å². The first kappa shape index (κ1) is 18.0. The molecule has 6 heteroatoms. The molecule has 1 rings (SSSR count). The zero-order valence-corrected chi connectivity index (χ0v) is 14.5. The van der Waals surface area contributed by atoms with Crippen molar-refractivity contribution in [2.75, 3.05) is 7.11 Å². The van der Waals surface area contributed by atoms with Crippen molar-refractivity contribution < 1.29 is 9.84 Å². The lowest BCUT2D eigenvalue weighted by molar-refractivity contribution is 0.370. The van der Waals surface area contributed by atoms with Gasteiger partial charge in [0.15, 0.2) is 11.5 Å². The molecule has 0 spiro atoms. The standard InChI is InChI=1S/C12H17Br2NO2.ClH/c1-6(2)4-8(15)7-5-9(17-3)12(16)11(14)10(7)13;/h5-6,8,16H,4,15H2,1-3H3;1H/t8-;/m1./s1. The lowest BCUT2D eigenvalue weighted by Crippen LogP contribution is -2.14. The number of halogens is 3. The Labute approximate surface area is 131 Å². The van der Waals surface area contributed by atoms with Crippen LogP contribution < -0.4 is 10.5 Å². The minimum atomic E-state index is -0.0878. The van der Waals surface area contributed by atoms with Crippen LogP contribution in [0, 0.1) is 5.92 Å². The fourth-order valence-electron chi connectivity index (χ4n) is 1.67. The van der Waals surface area contributed by atoms with Crippen molar-refractivity contribution in [3.8, 4) is 11.5 Å². The molecule has 3 N–H and O–H groups in total. The first-order valence-electron chi connectivity index (χ1n) is 5.38. The summed E-state index contributed by atoms with van der Waals surface area (Å²) < 4.78 is 6.48. The van der Waals surface area contributed by atoms with Gasteiger partial charge in [0.2, 0.25) is 0 Å². The number of phenols is 1. The Bertz CT molecular complexity index is 414. The van der Waals surface area contributed by atoms with E-state index in [0.29, 0.717) is 16.1 Å². The average molecular weight is 404 g/mol. The fraction of sp³-hybridized carbons (Fsp3) is 0.500. The molecule has 0 aliphatic rings. The summed E-state index contributed by atoms with van der Waals surface area (Å²) in [6, 6.07) is 1.69. The Morgan fingerprint density at radius 1 is 1.33 bits per heavy atom. The molecule has 0 heterocycles. The topological polar surface area (TPSA) is 55.5 Å². The van der Waals surface area contributed by atoms with Crippen molar-refractivity contribution in [1.82, 2.24) is 0 Å². The largest absolute Gasteiger partial charge is 0.503 e. The van der Waals surface area contributed by atoms with E-state index in [2.05, 4.69) is 45.7 Å². The molecule has 0 saturated heterocycles. The highest BCUT2D eigenvalue weighted by Crippen LogP contribution is 2.43. The summed E-state index contributed by atoms with van der Waals surface area (Å²) in [5, 5.41) is 9.82. The quantitative estimate of drug-likeness (QED) is 0.784. The van der Waals surface area contributed by atoms with Crippen molar-refractivity contribution >= 4 is 44.3 Å². The Morgan fingerprint density at radius 2 is 1.89 bits per heavy atom. The smallest absolute Gasteiger partial charge is 0.173 e. The Kier molecular flexibility index (Phi) is 7.59. The molecule has 3 nitrogen and oxygen atoms in total. The molecule has 1 atom stereocenters. The van der Waals surface area contributed by atoms with Crippen LogP contribution in [0.15, 0.2) is 15.0 Å². The molecule has 0 bridgehead atoms. The van der Waals surface area contributed by atoms with Crippen molar-refractivity contribution in [2.24, 2.45) is 11.7 Å². The van der Waals surface area contributed by atoms with Crippen LogP contribution in [-0.2, 0) is 0 Å². The SMILES string of the molecule is COc1cc([C@H](N)CC(C)C)c(Br)c(Br)c1O.Cl. The van der Waals surface area contributed by atoms with Gasteiger partial charge in [-0.3, -0.25) is 0 Å². The molecule has 0 unspecified atom stereocenters. The van der Waals surface area contributed by atoms with Gasteiger partial charge in [0, 0.05) is 10.5 Å². The van der Waals surface area contributed by atoms with Crippen LogP contribution in [0.3, 0.4) is 0 Å². The van der Waals surface area contributed by atoms with E-state index >= 15 is 0 Å². The van der Waals surface area contributed by atoms with Gasteiger partial charge in [-0.2, -0.15) is 0 Å². The lowest BCUT2D eigenvalue weighted by atomic mass is 9.97. The molecule has 0 aliphatic heterocycles. The second-order valence-electron chi connectivity index (χ2n) is 4.38. The number of benzene rings is 1. The summed E-state index contributed by atoms with van der Waals surface area (Å²) in [5.41, 5.74) is 7.08. The fourth-order valence-corrected chi connectivity index (χ4v) is 2.69. The van der Waals surface area contributed by atoms with Gasteiger partial charge in [0.05, 0.1) is 11.6 Å². The van der Waals surface area contributed by atoms with Crippen molar-refractivity contribution in [2.45, 2.75) is 26.3 Å². The van der Waals surface area contributed by atoms with E-state index < -0.39 is 0 Å². The van der Waals surface area contributed by atoms with E-state index in [0.717, 1.165) is 16.5 Å². The minimum Gasteiger partial charge on any atom is -0.503 e. The van der Waals surface area contributed by atoms with Crippen LogP contribution in [0.4, 0.5) is 0 Å². The number of ether oxygens (including phenoxy) is 1. The highest BCUT2D eigenvalue weighted by atomic mass is 79.9. The van der Waals surface area contributed by atoms with Gasteiger partial charge >= 0.3 is 0 Å². The van der Waals surface area contributed by atoms with E-state index in [1.54, 1.807) is 6.07 Å². The van der Waals surface area contributed by atoms with E-state index in [1.165, 1.54) is 7.11 Å². The first-order chi connectivity index (χ1) is 7.88. The lowest BCUT2D eigenvalue weighted by Gasteiger charge is -2.19. The number of hydrogen-bond donors (Lipinski definition) is 2. The van der Waals surface area contributed by atoms with Gasteiger partial charge in [0.25, 0.3) is 0 Å². The maximum Gasteiger partial charge on any atom is 0.173 e. The summed E-state index contributed by atoms with van der Waals surface area (Å²) in [5.74, 6) is 1.02. The molecule has 1 aromatic carbocycles. The van der Waals surface area contributed by atoms with Gasteiger partial charge in [0.1, 0.15) is 0 Å². The van der Waals surface area contributed by atoms with Crippen LogP contribution in [0.2, 0.25) is 0 Å². The molecule has 104 valence electrons. The normalized spacial score (nSPS) is 12.2. The summed E-state index contributed by atoms with van der Waals surface area (Å²) in [6.07, 6.45) is 0.874. The molecule has 1 aromatic rings. The molecule has 0 aromatic heterocycles. The zero-order chi connectivity index (χ0) is 13.2. The predicted octanol–water partition coefficient (Wildman–Crippen LogP) is 4.39. The van der Waals surface area contributed by atoms with Crippen molar-refractivity contribution in [3.63, 3.8) is 0 Å². The van der Waals surface area contributed by atoms with E-state index in [9.17, 15) is 5.11 Å². The minimum absolute atomic E-state index is 0. The van der Waals surface area contributed by atoms with Gasteiger partial charge < -0.3 is 15.6 Å². The molecule has 0 fully saturated rings. The van der Waals surface area contributed by atoms with Crippen LogP contribution in [0.5, 0.6) is 11.5 Å². The predicted molar refractivity (Wildman–Crippen MR) is 83.7 cm³/mol. The highest BCUT2D eigenvalue weighted by Gasteiger charge is 2.19. The highest BCUT2D eigenvalue weighted by molar-refractivity contribution is 9.13. The molecule has 0 amide bonds. The number of aromatic hydroxyl groups is 1. The maximum absolute atomic E-state index is 9.82. The summed E-state index contributed by atoms with van der Waals surface area (Å²) in [4.78, 5) is 0. The number of nitrogens with two attached hydrogens (primary N) is 1. The third kappa shape index (κ3) is 4.02. The maximum atomic E-state index is 9.82. The average Bonchev–Trinajstić information content (AvgIpc) is 2.25. The first-order valence-corrected chi connectivity index (χ1v) is 6.97. The Balaban J connectivity index is 0.00000289. The number of phenolic OH excluding ortho intramolecular Hbond substituents is 1. The number of rotatable bonds is 4. The third-order valence-electron chi connectivity index (χ3n) is 2.52. The summed E-state index contributed by atoms with van der Waals surface area (Å²) >= 11 is 6.77. The third-order valence-corrected chi connectivity index (χ3v) is 4.68. The molecule has 0 saturated carbocycles. The van der Waals surface area contributed by atoms with Gasteiger partial charge in [-0.05, 0) is 55.8 Å². The molecule has 18 heavy (non-hydrogen) atoms. The van der Waals surface area contributed by atoms with Crippen molar-refractivity contribution in [1.29, 1.82) is 0 Å². The number of methoxy groups -OCH3 is 1. The molecule has 0 aliphatic carbocycles. The van der Waals surface area contributed by atoms with E-state index in [4.69, 9.17) is 10.5 Å². The van der Waals surface area contributed by atoms with E-state index in [1.807, 2.05) is 0 Å². The van der Waals surface area contributed by atoms with E-state index in [-0.39, 0.29) is 24.2 Å². The summed E-state index contributed by atoms with van der Waals surface area (Å²) in [6.45, 7) is 4.25. The second kappa shape index (κ2) is 7.58. The Hall–Kier alpha value is 0.0300. The summed E-state index contributed by atoms with van der Waals surface area (Å²) in [7, 11) is 1.52. The van der Waals surface area contributed by atoms with Gasteiger partial charge in [-0.15, -0.1) is 12.4 Å². The van der Waals surface area contributed by atoms with Gasteiger partial charge in [-0.25, -0.2) is 0 Å². The van der Waals surface area contributed by atoms with Crippen molar-refractivity contribution in [3.05, 3.63) is 20.6 Å². The Morgan fingerprint density at radius 3 is 2.33 bits per heavy atom. The zero-order valence-electron chi connectivity index (χ0n) is 10.5. The molecular weight excluding hydrogens is 385 g/mol. The number of hydrogen-bond acceptors (Lipinski definition) is 3. The van der Waals surface area contributed by atoms with Gasteiger partial charge in [-0.1, -0.05) is 13.8 Å². The van der Waals surface area contributed by atoms with Crippen LogP contribution in [-0.4, -0.2) is 12.2 Å². The molecular formula is C12H18Br2ClNO2. The second-order valence-corrected chi connectivity index (χ2v) is 5.97. The van der Waals surface area contributed by atoms with Crippen LogP contribution in [0.1, 0.15) is 31.9 Å². The monoisotopic (exact) mass is 401 g/mol. The van der Waals surface area contributed by atoms with Crippen LogP contribution >= 0.6 is 44.3 Å². The molecule has 0 radical (unpaired) electrons.